The SMILES string of the molecule is C=C(Cl)CNS(=O)(=O)c1cc(C)c(C)c(N)c1. The van der Waals surface area contributed by atoms with Crippen LogP contribution in [0.15, 0.2) is 28.6 Å². The number of rotatable bonds is 4. The summed E-state index contributed by atoms with van der Waals surface area (Å²) in [4.78, 5) is 0.135. The molecule has 4 nitrogen and oxygen atoms in total. The van der Waals surface area contributed by atoms with Gasteiger partial charge in [-0.05, 0) is 37.1 Å². The highest BCUT2D eigenvalue weighted by atomic mass is 35.5. The molecule has 0 bridgehead atoms. The molecule has 3 N–H and O–H groups in total. The second-order valence-corrected chi connectivity index (χ2v) is 6.10. The lowest BCUT2D eigenvalue weighted by Gasteiger charge is -2.10. The highest BCUT2D eigenvalue weighted by Crippen LogP contribution is 2.21. The molecule has 0 fully saturated rings. The first-order chi connectivity index (χ1) is 7.74. The predicted molar refractivity (Wildman–Crippen MR) is 70.5 cm³/mol. The van der Waals surface area contributed by atoms with Crippen molar-refractivity contribution in [2.24, 2.45) is 0 Å². The smallest absolute Gasteiger partial charge is 0.240 e. The van der Waals surface area contributed by atoms with E-state index in [1.807, 2.05) is 13.8 Å². The second kappa shape index (κ2) is 5.08. The van der Waals surface area contributed by atoms with Crippen LogP contribution in [0.4, 0.5) is 5.69 Å². The van der Waals surface area contributed by atoms with Crippen LogP contribution in [0, 0.1) is 13.8 Å². The average molecular weight is 275 g/mol. The molecular weight excluding hydrogens is 260 g/mol. The fourth-order valence-corrected chi connectivity index (χ4v) is 2.56. The van der Waals surface area contributed by atoms with Gasteiger partial charge in [-0.25, -0.2) is 13.1 Å². The Morgan fingerprint density at radius 1 is 1.47 bits per heavy atom. The van der Waals surface area contributed by atoms with Crippen molar-refractivity contribution in [3.8, 4) is 0 Å². The molecule has 0 aliphatic rings. The first-order valence-electron chi connectivity index (χ1n) is 4.93. The number of hydrogen-bond acceptors (Lipinski definition) is 3. The Kier molecular flexibility index (Phi) is 4.19. The molecule has 0 aromatic heterocycles. The number of anilines is 1. The third-order valence-electron chi connectivity index (χ3n) is 2.45. The van der Waals surface area contributed by atoms with Crippen LogP contribution in [-0.2, 0) is 10.0 Å². The van der Waals surface area contributed by atoms with Crippen molar-refractivity contribution in [2.75, 3.05) is 12.3 Å². The van der Waals surface area contributed by atoms with Crippen LogP contribution in [0.5, 0.6) is 0 Å². The topological polar surface area (TPSA) is 72.2 Å². The van der Waals surface area contributed by atoms with Crippen LogP contribution in [0.2, 0.25) is 0 Å². The zero-order chi connectivity index (χ0) is 13.2. The van der Waals surface area contributed by atoms with Crippen LogP contribution in [0.25, 0.3) is 0 Å². The van der Waals surface area contributed by atoms with E-state index < -0.39 is 10.0 Å². The van der Waals surface area contributed by atoms with Crippen LogP contribution < -0.4 is 10.5 Å². The highest BCUT2D eigenvalue weighted by molar-refractivity contribution is 7.89. The van der Waals surface area contributed by atoms with Gasteiger partial charge in [0.2, 0.25) is 10.0 Å². The molecule has 1 aromatic rings. The molecule has 0 aliphatic heterocycles. The summed E-state index contributed by atoms with van der Waals surface area (Å²) >= 11 is 5.51. The monoisotopic (exact) mass is 274 g/mol. The minimum Gasteiger partial charge on any atom is -0.398 e. The normalized spacial score (nSPS) is 11.5. The Balaban J connectivity index is 3.12. The van der Waals surface area contributed by atoms with E-state index in [0.717, 1.165) is 11.1 Å². The summed E-state index contributed by atoms with van der Waals surface area (Å²) in [5.41, 5.74) is 7.90. The lowest BCUT2D eigenvalue weighted by Crippen LogP contribution is -2.25. The second-order valence-electron chi connectivity index (χ2n) is 3.80. The van der Waals surface area contributed by atoms with E-state index in [1.54, 1.807) is 6.07 Å². The highest BCUT2D eigenvalue weighted by Gasteiger charge is 2.15. The fraction of sp³-hybridized carbons (Fsp3) is 0.273. The van der Waals surface area contributed by atoms with Gasteiger partial charge in [-0.3, -0.25) is 0 Å². The number of halogens is 1. The zero-order valence-electron chi connectivity index (χ0n) is 9.75. The van der Waals surface area contributed by atoms with Crippen molar-refractivity contribution >= 4 is 27.3 Å². The van der Waals surface area contributed by atoms with Gasteiger partial charge in [0, 0.05) is 17.3 Å². The lowest BCUT2D eigenvalue weighted by molar-refractivity contribution is 0.585. The summed E-state index contributed by atoms with van der Waals surface area (Å²) < 4.78 is 26.1. The summed E-state index contributed by atoms with van der Waals surface area (Å²) in [6, 6.07) is 3.01. The molecule has 0 heterocycles. The number of nitrogens with two attached hydrogens (primary N) is 1. The van der Waals surface area contributed by atoms with E-state index in [2.05, 4.69) is 11.3 Å². The minimum absolute atomic E-state index is 0.00326. The lowest BCUT2D eigenvalue weighted by atomic mass is 10.1. The molecule has 0 unspecified atom stereocenters. The summed E-state index contributed by atoms with van der Waals surface area (Å²) in [5, 5.41) is 0.227. The van der Waals surface area contributed by atoms with E-state index in [0.29, 0.717) is 5.69 Å². The van der Waals surface area contributed by atoms with E-state index in [-0.39, 0.29) is 16.5 Å². The van der Waals surface area contributed by atoms with Gasteiger partial charge in [0.1, 0.15) is 0 Å². The molecule has 6 heteroatoms. The average Bonchev–Trinajstić information content (AvgIpc) is 2.22. The maximum atomic E-state index is 11.9. The number of aryl methyl sites for hydroxylation is 1. The van der Waals surface area contributed by atoms with Gasteiger partial charge >= 0.3 is 0 Å². The number of benzene rings is 1. The maximum absolute atomic E-state index is 11.9. The Morgan fingerprint density at radius 3 is 2.53 bits per heavy atom. The molecule has 0 aliphatic carbocycles. The van der Waals surface area contributed by atoms with Crippen LogP contribution in [0.3, 0.4) is 0 Å². The van der Waals surface area contributed by atoms with Crippen molar-refractivity contribution in [2.45, 2.75) is 18.7 Å². The molecule has 94 valence electrons. The fourth-order valence-electron chi connectivity index (χ4n) is 1.26. The number of nitrogen functional groups attached to an aromatic ring is 1. The predicted octanol–water partition coefficient (Wildman–Crippen LogP) is 1.92. The Labute approximate surface area is 107 Å². The van der Waals surface area contributed by atoms with Gasteiger partial charge in [0.25, 0.3) is 0 Å². The Bertz CT molecular complexity index is 530. The molecule has 0 spiro atoms. The van der Waals surface area contributed by atoms with Gasteiger partial charge in [-0.1, -0.05) is 18.2 Å². The number of hydrogen-bond donors (Lipinski definition) is 2. The van der Waals surface area contributed by atoms with E-state index in [4.69, 9.17) is 17.3 Å². The van der Waals surface area contributed by atoms with Crippen LogP contribution in [0.1, 0.15) is 11.1 Å². The van der Waals surface area contributed by atoms with Gasteiger partial charge in [-0.15, -0.1) is 0 Å². The maximum Gasteiger partial charge on any atom is 0.240 e. The molecule has 1 aromatic carbocycles. The van der Waals surface area contributed by atoms with Crippen molar-refractivity contribution in [3.63, 3.8) is 0 Å². The first kappa shape index (κ1) is 14.0. The third-order valence-corrected chi connectivity index (χ3v) is 3.96. The summed E-state index contributed by atoms with van der Waals surface area (Å²) in [7, 11) is -3.59. The largest absolute Gasteiger partial charge is 0.398 e. The van der Waals surface area contributed by atoms with Crippen molar-refractivity contribution in [3.05, 3.63) is 34.9 Å². The molecule has 0 amide bonds. The number of nitrogens with one attached hydrogen (secondary N) is 1. The van der Waals surface area contributed by atoms with E-state index in [9.17, 15) is 8.42 Å². The molecule has 0 saturated carbocycles. The minimum atomic E-state index is -3.59. The molecule has 0 radical (unpaired) electrons. The third kappa shape index (κ3) is 3.46. The summed E-state index contributed by atoms with van der Waals surface area (Å²) in [6.07, 6.45) is 0. The Hall–Kier alpha value is -1.04. The zero-order valence-corrected chi connectivity index (χ0v) is 11.3. The molecule has 1 rings (SSSR count). The standard InChI is InChI=1S/C11H15ClN2O2S/c1-7-4-10(5-11(13)9(7)3)17(15,16)14-6-8(2)12/h4-5,14H,2,6,13H2,1,3H3. The number of sulfonamides is 1. The van der Waals surface area contributed by atoms with Gasteiger partial charge < -0.3 is 5.73 Å². The molecule has 0 saturated heterocycles. The van der Waals surface area contributed by atoms with Crippen molar-refractivity contribution in [1.29, 1.82) is 0 Å². The van der Waals surface area contributed by atoms with Crippen molar-refractivity contribution in [1.82, 2.24) is 4.72 Å². The summed E-state index contributed by atoms with van der Waals surface area (Å²) in [5.74, 6) is 0. The van der Waals surface area contributed by atoms with Gasteiger partial charge in [0.05, 0.1) is 4.90 Å². The van der Waals surface area contributed by atoms with E-state index in [1.165, 1.54) is 6.07 Å². The van der Waals surface area contributed by atoms with Crippen LogP contribution >= 0.6 is 11.6 Å². The van der Waals surface area contributed by atoms with Gasteiger partial charge in [0.15, 0.2) is 0 Å². The quantitative estimate of drug-likeness (QED) is 0.824. The van der Waals surface area contributed by atoms with E-state index >= 15 is 0 Å². The molecule has 0 atom stereocenters. The molecule has 17 heavy (non-hydrogen) atoms. The van der Waals surface area contributed by atoms with Crippen molar-refractivity contribution < 1.29 is 8.42 Å². The van der Waals surface area contributed by atoms with Crippen LogP contribution in [-0.4, -0.2) is 15.0 Å². The summed E-state index contributed by atoms with van der Waals surface area (Å²) in [6.45, 7) is 7.06. The Morgan fingerprint density at radius 2 is 2.06 bits per heavy atom. The first-order valence-corrected chi connectivity index (χ1v) is 6.80. The molecular formula is C11H15ClN2O2S. The van der Waals surface area contributed by atoms with Gasteiger partial charge in [-0.2, -0.15) is 0 Å².